The van der Waals surface area contributed by atoms with Gasteiger partial charge < -0.3 is 5.32 Å². The van der Waals surface area contributed by atoms with E-state index in [4.69, 9.17) is 23.2 Å². The van der Waals surface area contributed by atoms with Gasteiger partial charge in [-0.15, -0.1) is 11.3 Å². The van der Waals surface area contributed by atoms with E-state index in [2.05, 4.69) is 10.0 Å². The first-order chi connectivity index (χ1) is 9.85. The van der Waals surface area contributed by atoms with Gasteiger partial charge in [0.05, 0.1) is 15.6 Å². The summed E-state index contributed by atoms with van der Waals surface area (Å²) in [5, 5.41) is 2.44. The Kier molecular flexibility index (Phi) is 4.77. The standard InChI is InChI=1S/C12H10Cl2N2O3S2/c1-15-12(17)7-4-2-3-5-8(7)16-21(18,19)9-6-10(13)20-11(9)14/h2-6,16H,1H3,(H,15,17). The first kappa shape index (κ1) is 16.1. The molecule has 0 aliphatic heterocycles. The van der Waals surface area contributed by atoms with Crippen LogP contribution in [0.3, 0.4) is 0 Å². The topological polar surface area (TPSA) is 75.3 Å². The maximum Gasteiger partial charge on any atom is 0.264 e. The zero-order valence-corrected chi connectivity index (χ0v) is 13.8. The summed E-state index contributed by atoms with van der Waals surface area (Å²) >= 11 is 12.6. The van der Waals surface area contributed by atoms with Gasteiger partial charge >= 0.3 is 0 Å². The molecular weight excluding hydrogens is 355 g/mol. The summed E-state index contributed by atoms with van der Waals surface area (Å²) in [6.45, 7) is 0. The Balaban J connectivity index is 2.42. The highest BCUT2D eigenvalue weighted by atomic mass is 35.5. The molecule has 1 heterocycles. The van der Waals surface area contributed by atoms with Crippen LogP contribution >= 0.6 is 34.5 Å². The van der Waals surface area contributed by atoms with Gasteiger partial charge in [-0.3, -0.25) is 9.52 Å². The molecule has 5 nitrogen and oxygen atoms in total. The third-order valence-electron chi connectivity index (χ3n) is 2.56. The first-order valence-electron chi connectivity index (χ1n) is 5.64. The van der Waals surface area contributed by atoms with Crippen LogP contribution in [-0.2, 0) is 10.0 Å². The molecule has 0 unspecified atom stereocenters. The predicted octanol–water partition coefficient (Wildman–Crippen LogP) is 3.22. The lowest BCUT2D eigenvalue weighted by atomic mass is 10.2. The Morgan fingerprint density at radius 3 is 2.48 bits per heavy atom. The van der Waals surface area contributed by atoms with Crippen molar-refractivity contribution in [2.24, 2.45) is 0 Å². The van der Waals surface area contributed by atoms with Crippen LogP contribution < -0.4 is 10.0 Å². The van der Waals surface area contributed by atoms with E-state index in [-0.39, 0.29) is 24.8 Å². The fourth-order valence-corrected chi connectivity index (χ4v) is 4.84. The fraction of sp³-hybridized carbons (Fsp3) is 0.0833. The van der Waals surface area contributed by atoms with Crippen molar-refractivity contribution in [1.29, 1.82) is 0 Å². The number of anilines is 1. The second kappa shape index (κ2) is 6.23. The van der Waals surface area contributed by atoms with Gasteiger partial charge in [-0.2, -0.15) is 0 Å². The highest BCUT2D eigenvalue weighted by Crippen LogP contribution is 2.35. The lowest BCUT2D eigenvalue weighted by molar-refractivity contribution is 0.0964. The lowest BCUT2D eigenvalue weighted by Crippen LogP contribution is -2.21. The largest absolute Gasteiger partial charge is 0.355 e. The zero-order chi connectivity index (χ0) is 15.6. The molecule has 0 saturated carbocycles. The van der Waals surface area contributed by atoms with Gasteiger partial charge in [-0.25, -0.2) is 8.42 Å². The molecular formula is C12H10Cl2N2O3S2. The minimum Gasteiger partial charge on any atom is -0.355 e. The molecule has 9 heteroatoms. The van der Waals surface area contributed by atoms with Crippen LogP contribution in [0.2, 0.25) is 8.67 Å². The Morgan fingerprint density at radius 2 is 1.90 bits per heavy atom. The smallest absolute Gasteiger partial charge is 0.264 e. The third-order valence-corrected chi connectivity index (χ3v) is 5.68. The molecule has 1 aromatic carbocycles. The number of halogens is 2. The maximum atomic E-state index is 12.3. The van der Waals surface area contributed by atoms with Crippen molar-refractivity contribution in [1.82, 2.24) is 5.32 Å². The van der Waals surface area contributed by atoms with Crippen molar-refractivity contribution in [2.75, 3.05) is 11.8 Å². The van der Waals surface area contributed by atoms with Crippen molar-refractivity contribution in [2.45, 2.75) is 4.90 Å². The number of nitrogens with one attached hydrogen (secondary N) is 2. The van der Waals surface area contributed by atoms with Gasteiger partial charge in [0.15, 0.2) is 0 Å². The number of hydrogen-bond donors (Lipinski definition) is 2. The van der Waals surface area contributed by atoms with Crippen LogP contribution in [0, 0.1) is 0 Å². The van der Waals surface area contributed by atoms with Gasteiger partial charge in [0.2, 0.25) is 0 Å². The average Bonchev–Trinajstić information content (AvgIpc) is 2.78. The van der Waals surface area contributed by atoms with Crippen molar-refractivity contribution in [3.63, 3.8) is 0 Å². The molecule has 21 heavy (non-hydrogen) atoms. The van der Waals surface area contributed by atoms with Gasteiger partial charge in [-0.05, 0) is 18.2 Å². The third kappa shape index (κ3) is 3.49. The van der Waals surface area contributed by atoms with Gasteiger partial charge in [0, 0.05) is 7.05 Å². The Hall–Kier alpha value is -1.28. The zero-order valence-electron chi connectivity index (χ0n) is 10.7. The van der Waals surface area contributed by atoms with Crippen molar-refractivity contribution in [3.05, 3.63) is 44.6 Å². The van der Waals surface area contributed by atoms with E-state index in [1.165, 1.54) is 25.2 Å². The van der Waals surface area contributed by atoms with Gasteiger partial charge in [-0.1, -0.05) is 35.3 Å². The van der Waals surface area contributed by atoms with Crippen LogP contribution in [0.15, 0.2) is 35.2 Å². The normalized spacial score (nSPS) is 11.2. The molecule has 0 radical (unpaired) electrons. The van der Waals surface area contributed by atoms with E-state index in [9.17, 15) is 13.2 Å². The first-order valence-corrected chi connectivity index (χ1v) is 8.69. The number of rotatable bonds is 4. The van der Waals surface area contributed by atoms with Crippen LogP contribution in [0.4, 0.5) is 5.69 Å². The Bertz CT molecular complexity index is 788. The molecule has 112 valence electrons. The molecule has 2 N–H and O–H groups in total. The summed E-state index contributed by atoms with van der Waals surface area (Å²) in [6, 6.07) is 7.52. The monoisotopic (exact) mass is 364 g/mol. The van der Waals surface area contributed by atoms with E-state index >= 15 is 0 Å². The molecule has 1 aromatic heterocycles. The summed E-state index contributed by atoms with van der Waals surface area (Å²) < 4.78 is 27.3. The van der Waals surface area contributed by atoms with Crippen LogP contribution in [0.1, 0.15) is 10.4 Å². The molecule has 2 aromatic rings. The number of benzene rings is 1. The number of amides is 1. The van der Waals surface area contributed by atoms with Crippen molar-refractivity contribution in [3.8, 4) is 0 Å². The van der Waals surface area contributed by atoms with Crippen molar-refractivity contribution >= 4 is 56.2 Å². The molecule has 0 atom stereocenters. The van der Waals surface area contributed by atoms with E-state index in [0.717, 1.165) is 11.3 Å². The van der Waals surface area contributed by atoms with E-state index in [0.29, 0.717) is 0 Å². The highest BCUT2D eigenvalue weighted by molar-refractivity contribution is 7.93. The van der Waals surface area contributed by atoms with Crippen molar-refractivity contribution < 1.29 is 13.2 Å². The lowest BCUT2D eigenvalue weighted by Gasteiger charge is -2.11. The second-order valence-corrected chi connectivity index (χ2v) is 7.86. The van der Waals surface area contributed by atoms with E-state index in [1.54, 1.807) is 12.1 Å². The molecule has 0 fully saturated rings. The minimum atomic E-state index is -3.92. The molecule has 0 saturated heterocycles. The van der Waals surface area contributed by atoms with Gasteiger partial charge in [0.1, 0.15) is 9.23 Å². The van der Waals surface area contributed by atoms with Crippen LogP contribution in [0.5, 0.6) is 0 Å². The van der Waals surface area contributed by atoms with E-state index in [1.807, 2.05) is 0 Å². The quantitative estimate of drug-likeness (QED) is 0.874. The summed E-state index contributed by atoms with van der Waals surface area (Å²) in [6.07, 6.45) is 0. The van der Waals surface area contributed by atoms with Crippen LogP contribution in [-0.4, -0.2) is 21.4 Å². The predicted molar refractivity (Wildman–Crippen MR) is 85.0 cm³/mol. The molecule has 0 aliphatic carbocycles. The SMILES string of the molecule is CNC(=O)c1ccccc1NS(=O)(=O)c1cc(Cl)sc1Cl. The molecule has 2 rings (SSSR count). The summed E-state index contributed by atoms with van der Waals surface area (Å²) in [7, 11) is -2.46. The number of para-hydroxylation sites is 1. The molecule has 0 aliphatic rings. The Morgan fingerprint density at radius 1 is 1.24 bits per heavy atom. The summed E-state index contributed by atoms with van der Waals surface area (Å²) in [4.78, 5) is 11.6. The van der Waals surface area contributed by atoms with Gasteiger partial charge in [0.25, 0.3) is 15.9 Å². The van der Waals surface area contributed by atoms with E-state index < -0.39 is 15.9 Å². The second-order valence-electron chi connectivity index (χ2n) is 3.92. The number of hydrogen-bond acceptors (Lipinski definition) is 4. The molecule has 1 amide bonds. The number of carbonyl (C=O) groups is 1. The van der Waals surface area contributed by atoms with Crippen LogP contribution in [0.25, 0.3) is 0 Å². The minimum absolute atomic E-state index is 0.0601. The number of sulfonamides is 1. The highest BCUT2D eigenvalue weighted by Gasteiger charge is 2.23. The molecule has 0 spiro atoms. The summed E-state index contributed by atoms with van der Waals surface area (Å²) in [5.41, 5.74) is 0.372. The average molecular weight is 365 g/mol. The summed E-state index contributed by atoms with van der Waals surface area (Å²) in [5.74, 6) is -0.400. The number of thiophene rings is 1. The number of carbonyl (C=O) groups excluding carboxylic acids is 1. The Labute approximate surface area is 135 Å². The fourth-order valence-electron chi connectivity index (χ4n) is 1.61. The molecule has 0 bridgehead atoms. The maximum absolute atomic E-state index is 12.3.